The second kappa shape index (κ2) is 7.94. The smallest absolute Gasteiger partial charge is 0.222 e. The molecule has 5 nitrogen and oxygen atoms in total. The van der Waals surface area contributed by atoms with Crippen LogP contribution in [0.2, 0.25) is 0 Å². The molecule has 0 aromatic heterocycles. The molecule has 2 rings (SSSR count). The Morgan fingerprint density at radius 1 is 1.39 bits per heavy atom. The van der Waals surface area contributed by atoms with Gasteiger partial charge in [0.25, 0.3) is 0 Å². The van der Waals surface area contributed by atoms with E-state index in [0.717, 1.165) is 19.1 Å². The van der Waals surface area contributed by atoms with Crippen LogP contribution in [0, 0.1) is 11.8 Å². The monoisotopic (exact) mass is 278 g/mol. The number of hydrogen-bond donors (Lipinski definition) is 3. The van der Waals surface area contributed by atoms with Crippen molar-refractivity contribution < 1.29 is 14.6 Å². The molecular formula is C12H23ClN2O3. The Morgan fingerprint density at radius 2 is 2.17 bits per heavy atom. The minimum absolute atomic E-state index is 0. The van der Waals surface area contributed by atoms with Crippen LogP contribution in [0.3, 0.4) is 0 Å². The molecule has 1 amide bonds. The van der Waals surface area contributed by atoms with Gasteiger partial charge in [0.05, 0.1) is 12.7 Å². The third kappa shape index (κ3) is 5.52. The second-order valence-corrected chi connectivity index (χ2v) is 5.06. The zero-order valence-corrected chi connectivity index (χ0v) is 11.4. The van der Waals surface area contributed by atoms with E-state index in [1.165, 1.54) is 12.8 Å². The molecule has 0 spiro atoms. The first-order chi connectivity index (χ1) is 8.25. The van der Waals surface area contributed by atoms with E-state index in [9.17, 15) is 9.90 Å². The molecule has 3 N–H and O–H groups in total. The summed E-state index contributed by atoms with van der Waals surface area (Å²) in [5, 5.41) is 15.5. The highest BCUT2D eigenvalue weighted by molar-refractivity contribution is 5.85. The fourth-order valence-electron chi connectivity index (χ4n) is 1.96. The third-order valence-electron chi connectivity index (χ3n) is 3.39. The summed E-state index contributed by atoms with van der Waals surface area (Å²) in [5.74, 6) is 0.906. The average molecular weight is 279 g/mol. The minimum atomic E-state index is -0.332. The molecule has 2 aliphatic rings. The minimum Gasteiger partial charge on any atom is -0.391 e. The molecule has 1 heterocycles. The lowest BCUT2D eigenvalue weighted by molar-refractivity contribution is -0.122. The number of hydrogen-bond acceptors (Lipinski definition) is 4. The Hall–Kier alpha value is -0.360. The Labute approximate surface area is 114 Å². The van der Waals surface area contributed by atoms with Gasteiger partial charge in [-0.1, -0.05) is 0 Å². The maximum Gasteiger partial charge on any atom is 0.222 e. The summed E-state index contributed by atoms with van der Waals surface area (Å²) in [7, 11) is 0. The molecule has 0 aromatic carbocycles. The topological polar surface area (TPSA) is 70.6 Å². The number of halogens is 1. The van der Waals surface area contributed by atoms with Crippen LogP contribution in [0.15, 0.2) is 0 Å². The highest BCUT2D eigenvalue weighted by Gasteiger charge is 2.25. The maximum atomic E-state index is 11.5. The molecule has 0 radical (unpaired) electrons. The summed E-state index contributed by atoms with van der Waals surface area (Å²) in [4.78, 5) is 11.5. The predicted molar refractivity (Wildman–Crippen MR) is 70.8 cm³/mol. The summed E-state index contributed by atoms with van der Waals surface area (Å²) in [6, 6.07) is 0. The van der Waals surface area contributed by atoms with Gasteiger partial charge >= 0.3 is 0 Å². The van der Waals surface area contributed by atoms with Crippen molar-refractivity contribution in [2.45, 2.75) is 25.4 Å². The first-order valence-electron chi connectivity index (χ1n) is 6.49. The molecule has 106 valence electrons. The summed E-state index contributed by atoms with van der Waals surface area (Å²) < 4.78 is 5.40. The Bertz CT molecular complexity index is 262. The Morgan fingerprint density at radius 3 is 2.78 bits per heavy atom. The summed E-state index contributed by atoms with van der Waals surface area (Å²) in [6.45, 7) is 3.27. The molecular weight excluding hydrogens is 256 g/mol. The molecule has 2 fully saturated rings. The van der Waals surface area contributed by atoms with E-state index in [1.807, 2.05) is 0 Å². The summed E-state index contributed by atoms with van der Waals surface area (Å²) >= 11 is 0. The Balaban J connectivity index is 0.00000162. The lowest BCUT2D eigenvalue weighted by Gasteiger charge is -2.14. The van der Waals surface area contributed by atoms with Gasteiger partial charge in [-0.3, -0.25) is 4.79 Å². The summed E-state index contributed by atoms with van der Waals surface area (Å²) in [5.41, 5.74) is 0. The Kier molecular flexibility index (Phi) is 6.92. The number of amides is 1. The van der Waals surface area contributed by atoms with E-state index in [4.69, 9.17) is 4.74 Å². The molecule has 2 atom stereocenters. The van der Waals surface area contributed by atoms with Crippen LogP contribution in [0.25, 0.3) is 0 Å². The second-order valence-electron chi connectivity index (χ2n) is 5.06. The van der Waals surface area contributed by atoms with Crippen LogP contribution < -0.4 is 10.6 Å². The number of rotatable bonds is 7. The van der Waals surface area contributed by atoms with Crippen LogP contribution in [-0.4, -0.2) is 50.0 Å². The first-order valence-corrected chi connectivity index (χ1v) is 6.49. The van der Waals surface area contributed by atoms with E-state index in [1.54, 1.807) is 0 Å². The molecule has 0 aromatic rings. The van der Waals surface area contributed by atoms with Crippen molar-refractivity contribution in [2.24, 2.45) is 11.8 Å². The van der Waals surface area contributed by atoms with Gasteiger partial charge < -0.3 is 20.5 Å². The number of carbonyl (C=O) groups is 1. The zero-order chi connectivity index (χ0) is 12.1. The fourth-order valence-corrected chi connectivity index (χ4v) is 1.96. The van der Waals surface area contributed by atoms with E-state index in [-0.39, 0.29) is 30.3 Å². The van der Waals surface area contributed by atoms with Gasteiger partial charge in [0.1, 0.15) is 0 Å². The maximum absolute atomic E-state index is 11.5. The van der Waals surface area contributed by atoms with Crippen LogP contribution in [0.4, 0.5) is 0 Å². The van der Waals surface area contributed by atoms with Crippen LogP contribution in [0.1, 0.15) is 19.3 Å². The average Bonchev–Trinajstić information content (AvgIpc) is 3.05. The first kappa shape index (κ1) is 15.7. The van der Waals surface area contributed by atoms with E-state index < -0.39 is 0 Å². The molecule has 2 unspecified atom stereocenters. The fraction of sp³-hybridized carbons (Fsp3) is 0.917. The summed E-state index contributed by atoms with van der Waals surface area (Å²) in [6.07, 6.45) is 2.64. The number of aliphatic hydroxyl groups excluding tert-OH is 1. The molecule has 18 heavy (non-hydrogen) atoms. The van der Waals surface area contributed by atoms with Crippen molar-refractivity contribution in [3.63, 3.8) is 0 Å². The van der Waals surface area contributed by atoms with E-state index in [2.05, 4.69) is 10.6 Å². The van der Waals surface area contributed by atoms with Crippen molar-refractivity contribution in [1.29, 1.82) is 0 Å². The largest absolute Gasteiger partial charge is 0.391 e. The number of aliphatic hydroxyl groups is 1. The van der Waals surface area contributed by atoms with Gasteiger partial charge in [-0.15, -0.1) is 12.4 Å². The SMILES string of the molecule is Cl.O=C(CCOCC1CC1)NCC1CNCC1O. The zero-order valence-electron chi connectivity index (χ0n) is 10.6. The van der Waals surface area contributed by atoms with E-state index >= 15 is 0 Å². The molecule has 0 bridgehead atoms. The lowest BCUT2D eigenvalue weighted by atomic mass is 10.1. The third-order valence-corrected chi connectivity index (χ3v) is 3.39. The van der Waals surface area contributed by atoms with Gasteiger partial charge in [-0.25, -0.2) is 0 Å². The molecule has 1 saturated carbocycles. The van der Waals surface area contributed by atoms with Gasteiger partial charge in [-0.2, -0.15) is 0 Å². The van der Waals surface area contributed by atoms with Crippen molar-refractivity contribution >= 4 is 18.3 Å². The number of carbonyl (C=O) groups excluding carboxylic acids is 1. The molecule has 6 heteroatoms. The standard InChI is InChI=1S/C12H22N2O3.ClH/c15-11-7-13-5-10(11)6-14-12(16)3-4-17-8-9-1-2-9;/h9-11,13,15H,1-8H2,(H,14,16);1H. The number of β-amino-alcohol motifs (C(OH)–C–C–N with tert-alkyl or cyclic N) is 1. The van der Waals surface area contributed by atoms with Gasteiger partial charge in [0.15, 0.2) is 0 Å². The highest BCUT2D eigenvalue weighted by atomic mass is 35.5. The highest BCUT2D eigenvalue weighted by Crippen LogP contribution is 2.28. The van der Waals surface area contributed by atoms with Crippen LogP contribution in [0.5, 0.6) is 0 Å². The quantitative estimate of drug-likeness (QED) is 0.570. The van der Waals surface area contributed by atoms with Crippen molar-refractivity contribution in [1.82, 2.24) is 10.6 Å². The predicted octanol–water partition coefficient (Wildman–Crippen LogP) is -0.0786. The van der Waals surface area contributed by atoms with Crippen molar-refractivity contribution in [3.05, 3.63) is 0 Å². The number of nitrogens with one attached hydrogen (secondary N) is 2. The molecule has 1 saturated heterocycles. The van der Waals surface area contributed by atoms with Gasteiger partial charge in [0, 0.05) is 38.6 Å². The molecule has 1 aliphatic heterocycles. The van der Waals surface area contributed by atoms with E-state index in [0.29, 0.717) is 26.1 Å². The van der Waals surface area contributed by atoms with Gasteiger partial charge in [0.2, 0.25) is 5.91 Å². The lowest BCUT2D eigenvalue weighted by Crippen LogP contribution is -2.34. The van der Waals surface area contributed by atoms with Crippen LogP contribution >= 0.6 is 12.4 Å². The number of ether oxygens (including phenoxy) is 1. The van der Waals surface area contributed by atoms with Crippen molar-refractivity contribution in [2.75, 3.05) is 32.8 Å². The van der Waals surface area contributed by atoms with Crippen LogP contribution in [-0.2, 0) is 9.53 Å². The molecule has 1 aliphatic carbocycles. The van der Waals surface area contributed by atoms with Gasteiger partial charge in [-0.05, 0) is 18.8 Å². The normalized spacial score (nSPS) is 26.7. The van der Waals surface area contributed by atoms with Crippen molar-refractivity contribution in [3.8, 4) is 0 Å².